The number of aromatic nitrogens is 3. The SMILES string of the molecule is Cc1ccc(N(C)c2nc(C)c(-c3ccnc(Nc4ccccc4)n3)s2)cc1. The zero-order chi connectivity index (χ0) is 19.5. The van der Waals surface area contributed by atoms with Crippen LogP contribution < -0.4 is 10.2 Å². The fraction of sp³-hybridized carbons (Fsp3) is 0.136. The third kappa shape index (κ3) is 3.87. The maximum absolute atomic E-state index is 4.76. The fourth-order valence-electron chi connectivity index (χ4n) is 2.84. The van der Waals surface area contributed by atoms with E-state index >= 15 is 0 Å². The number of nitrogens with zero attached hydrogens (tertiary/aromatic N) is 4. The lowest BCUT2D eigenvalue weighted by Crippen LogP contribution is -2.08. The maximum atomic E-state index is 4.76. The van der Waals surface area contributed by atoms with Crippen LogP contribution >= 0.6 is 11.3 Å². The summed E-state index contributed by atoms with van der Waals surface area (Å²) in [7, 11) is 2.04. The van der Waals surface area contributed by atoms with Crippen LogP contribution in [0.5, 0.6) is 0 Å². The van der Waals surface area contributed by atoms with E-state index in [1.807, 2.05) is 50.4 Å². The van der Waals surface area contributed by atoms with Gasteiger partial charge in [-0.15, -0.1) is 0 Å². The summed E-state index contributed by atoms with van der Waals surface area (Å²) < 4.78 is 0. The molecule has 5 nitrogen and oxygen atoms in total. The molecule has 140 valence electrons. The first kappa shape index (κ1) is 18.1. The molecule has 6 heteroatoms. The zero-order valence-corrected chi connectivity index (χ0v) is 16.9. The molecule has 4 rings (SSSR count). The van der Waals surface area contributed by atoms with Gasteiger partial charge in [0.15, 0.2) is 5.13 Å². The van der Waals surface area contributed by atoms with Crippen LogP contribution in [-0.2, 0) is 0 Å². The van der Waals surface area contributed by atoms with Crippen LogP contribution in [0.15, 0.2) is 66.9 Å². The van der Waals surface area contributed by atoms with E-state index in [0.717, 1.165) is 32.8 Å². The molecule has 0 fully saturated rings. The molecular formula is C22H21N5S. The zero-order valence-electron chi connectivity index (χ0n) is 16.0. The Bertz CT molecular complexity index is 1070. The molecule has 0 radical (unpaired) electrons. The molecule has 2 aromatic heterocycles. The van der Waals surface area contributed by atoms with Gasteiger partial charge in [-0.05, 0) is 44.2 Å². The molecule has 28 heavy (non-hydrogen) atoms. The van der Waals surface area contributed by atoms with E-state index in [9.17, 15) is 0 Å². The summed E-state index contributed by atoms with van der Waals surface area (Å²) >= 11 is 1.63. The van der Waals surface area contributed by atoms with Gasteiger partial charge in [0.05, 0.1) is 16.3 Å². The highest BCUT2D eigenvalue weighted by molar-refractivity contribution is 7.19. The quantitative estimate of drug-likeness (QED) is 0.474. The van der Waals surface area contributed by atoms with Crippen molar-refractivity contribution in [2.45, 2.75) is 13.8 Å². The van der Waals surface area contributed by atoms with Gasteiger partial charge >= 0.3 is 0 Å². The molecule has 0 aliphatic carbocycles. The largest absolute Gasteiger partial charge is 0.324 e. The van der Waals surface area contributed by atoms with Gasteiger partial charge in [0, 0.05) is 24.6 Å². The third-order valence-corrected chi connectivity index (χ3v) is 5.67. The Morgan fingerprint density at radius 2 is 1.64 bits per heavy atom. The molecule has 0 saturated carbocycles. The molecule has 4 aromatic rings. The predicted octanol–water partition coefficient (Wildman–Crippen LogP) is 5.73. The van der Waals surface area contributed by atoms with Crippen LogP contribution in [0.25, 0.3) is 10.6 Å². The summed E-state index contributed by atoms with van der Waals surface area (Å²) in [6.45, 7) is 4.11. The maximum Gasteiger partial charge on any atom is 0.227 e. The van der Waals surface area contributed by atoms with Crippen molar-refractivity contribution in [2.75, 3.05) is 17.3 Å². The average molecular weight is 388 g/mol. The van der Waals surface area contributed by atoms with Crippen LogP contribution in [0.1, 0.15) is 11.3 Å². The highest BCUT2D eigenvalue weighted by Gasteiger charge is 2.15. The number of benzene rings is 2. The Hall–Kier alpha value is -3.25. The Labute approximate surface area is 168 Å². The van der Waals surface area contributed by atoms with E-state index in [2.05, 4.69) is 51.4 Å². The number of anilines is 4. The summed E-state index contributed by atoms with van der Waals surface area (Å²) in [5.41, 5.74) is 5.14. The minimum absolute atomic E-state index is 0.574. The molecule has 1 N–H and O–H groups in total. The standard InChI is InChI=1S/C22H21N5S/c1-15-9-11-18(12-10-15)27(3)22-24-16(2)20(28-22)19-13-14-23-21(26-19)25-17-7-5-4-6-8-17/h4-14H,1-3H3,(H,23,25,26). The number of rotatable bonds is 5. The van der Waals surface area contributed by atoms with Gasteiger partial charge in [0.25, 0.3) is 0 Å². The number of para-hydroxylation sites is 1. The Balaban J connectivity index is 1.61. The Kier molecular flexibility index (Phi) is 5.04. The predicted molar refractivity (Wildman–Crippen MR) is 117 cm³/mol. The monoisotopic (exact) mass is 387 g/mol. The molecule has 2 heterocycles. The van der Waals surface area contributed by atoms with E-state index in [1.165, 1.54) is 5.56 Å². The molecule has 0 bridgehead atoms. The van der Waals surface area contributed by atoms with Crippen molar-refractivity contribution in [1.29, 1.82) is 0 Å². The third-order valence-electron chi connectivity index (χ3n) is 4.41. The Morgan fingerprint density at radius 1 is 0.893 bits per heavy atom. The lowest BCUT2D eigenvalue weighted by Gasteiger charge is -2.15. The lowest BCUT2D eigenvalue weighted by atomic mass is 10.2. The second-order valence-corrected chi connectivity index (χ2v) is 7.54. The van der Waals surface area contributed by atoms with Gasteiger partial charge in [0.2, 0.25) is 5.95 Å². The van der Waals surface area contributed by atoms with Crippen LogP contribution in [0.4, 0.5) is 22.5 Å². The molecular weight excluding hydrogens is 366 g/mol. The minimum Gasteiger partial charge on any atom is -0.324 e. The van der Waals surface area contributed by atoms with E-state index in [1.54, 1.807) is 17.5 Å². The second-order valence-electron chi connectivity index (χ2n) is 6.56. The van der Waals surface area contributed by atoms with Crippen molar-refractivity contribution in [1.82, 2.24) is 15.0 Å². The first-order valence-corrected chi connectivity index (χ1v) is 9.85. The van der Waals surface area contributed by atoms with Crippen LogP contribution in [-0.4, -0.2) is 22.0 Å². The summed E-state index contributed by atoms with van der Waals surface area (Å²) in [5.74, 6) is 0.574. The van der Waals surface area contributed by atoms with E-state index < -0.39 is 0 Å². The fourth-order valence-corrected chi connectivity index (χ4v) is 3.86. The highest BCUT2D eigenvalue weighted by atomic mass is 32.1. The van der Waals surface area contributed by atoms with Crippen molar-refractivity contribution in [2.24, 2.45) is 0 Å². The lowest BCUT2D eigenvalue weighted by molar-refractivity contribution is 1.13. The number of nitrogens with one attached hydrogen (secondary N) is 1. The minimum atomic E-state index is 0.574. The first-order chi connectivity index (χ1) is 13.6. The van der Waals surface area contributed by atoms with Crippen molar-refractivity contribution < 1.29 is 0 Å². The molecule has 0 unspecified atom stereocenters. The molecule has 2 aromatic carbocycles. The number of hydrogen-bond donors (Lipinski definition) is 1. The molecule has 0 saturated heterocycles. The second kappa shape index (κ2) is 7.78. The molecule has 0 aliphatic rings. The average Bonchev–Trinajstić information content (AvgIpc) is 3.11. The van der Waals surface area contributed by atoms with Crippen molar-refractivity contribution >= 4 is 33.8 Å². The number of thiazole rings is 1. The smallest absolute Gasteiger partial charge is 0.227 e. The summed E-state index contributed by atoms with van der Waals surface area (Å²) in [6.07, 6.45) is 1.77. The molecule has 0 spiro atoms. The van der Waals surface area contributed by atoms with Gasteiger partial charge in [0.1, 0.15) is 0 Å². The first-order valence-electron chi connectivity index (χ1n) is 9.03. The van der Waals surface area contributed by atoms with E-state index in [0.29, 0.717) is 5.95 Å². The van der Waals surface area contributed by atoms with Crippen LogP contribution in [0, 0.1) is 13.8 Å². The summed E-state index contributed by atoms with van der Waals surface area (Å²) in [4.78, 5) is 16.9. The van der Waals surface area contributed by atoms with E-state index in [-0.39, 0.29) is 0 Å². The van der Waals surface area contributed by atoms with Gasteiger partial charge in [-0.3, -0.25) is 0 Å². The van der Waals surface area contributed by atoms with Gasteiger partial charge in [-0.25, -0.2) is 15.0 Å². The van der Waals surface area contributed by atoms with Crippen molar-refractivity contribution in [3.05, 3.63) is 78.1 Å². The van der Waals surface area contributed by atoms with Gasteiger partial charge in [-0.2, -0.15) is 0 Å². The molecule has 0 amide bonds. The summed E-state index contributed by atoms with van der Waals surface area (Å²) in [6, 6.07) is 20.3. The normalized spacial score (nSPS) is 10.7. The number of aryl methyl sites for hydroxylation is 2. The van der Waals surface area contributed by atoms with Crippen molar-refractivity contribution in [3.8, 4) is 10.6 Å². The molecule has 0 aliphatic heterocycles. The van der Waals surface area contributed by atoms with E-state index in [4.69, 9.17) is 4.98 Å². The van der Waals surface area contributed by atoms with Crippen LogP contribution in [0.3, 0.4) is 0 Å². The van der Waals surface area contributed by atoms with Crippen molar-refractivity contribution in [3.63, 3.8) is 0 Å². The highest BCUT2D eigenvalue weighted by Crippen LogP contribution is 2.36. The van der Waals surface area contributed by atoms with Gasteiger partial charge in [-0.1, -0.05) is 47.2 Å². The number of hydrogen-bond acceptors (Lipinski definition) is 6. The van der Waals surface area contributed by atoms with Gasteiger partial charge < -0.3 is 10.2 Å². The topological polar surface area (TPSA) is 53.9 Å². The Morgan fingerprint density at radius 3 is 2.39 bits per heavy atom. The summed E-state index contributed by atoms with van der Waals surface area (Å²) in [5, 5.41) is 4.18. The molecule has 0 atom stereocenters. The van der Waals surface area contributed by atoms with Crippen LogP contribution in [0.2, 0.25) is 0 Å².